The lowest BCUT2D eigenvalue weighted by atomic mass is 9.87. The SMILES string of the molecule is C=C[C@@H]1C[C@]1(NC(=O)[C@@H]1C[C@@H]2CN1C(=O)[C@H](C1CCCC1)NC(=O)O[C@]1(C)CCC[C@H]1CCCCCc1nc3ccc(OC)cc3cc1O2)C(=O)NS(=O)(=O)C1CC1. The molecule has 4 aliphatic carbocycles. The number of carbonyl (C=O) groups excluding carboxylic acids is 4. The molecule has 1 aromatic carbocycles. The minimum atomic E-state index is -3.90. The molecule has 8 rings (SSSR count). The molecule has 4 amide bonds. The van der Waals surface area contributed by atoms with Crippen LogP contribution >= 0.6 is 0 Å². The summed E-state index contributed by atoms with van der Waals surface area (Å²) in [5.41, 5.74) is -0.604. The van der Waals surface area contributed by atoms with Crippen molar-refractivity contribution in [2.75, 3.05) is 13.7 Å². The van der Waals surface area contributed by atoms with E-state index in [1.807, 2.05) is 31.2 Å². The molecule has 0 spiro atoms. The van der Waals surface area contributed by atoms with Crippen LogP contribution in [0.3, 0.4) is 0 Å². The number of carbonyl (C=O) groups is 4. The Hall–Kier alpha value is -4.40. The number of pyridine rings is 1. The van der Waals surface area contributed by atoms with Gasteiger partial charge in [-0.2, -0.15) is 0 Å². The quantitative estimate of drug-likeness (QED) is 0.299. The molecule has 0 radical (unpaired) electrons. The molecule has 3 heterocycles. The van der Waals surface area contributed by atoms with Crippen LogP contribution in [0.2, 0.25) is 0 Å². The van der Waals surface area contributed by atoms with Gasteiger partial charge in [0.25, 0.3) is 5.91 Å². The summed E-state index contributed by atoms with van der Waals surface area (Å²) in [6, 6.07) is 5.60. The first kappa shape index (κ1) is 40.4. The minimum Gasteiger partial charge on any atom is -0.497 e. The third-order valence-electron chi connectivity index (χ3n) is 13.7. The van der Waals surface area contributed by atoms with Crippen molar-refractivity contribution in [3.63, 3.8) is 0 Å². The Morgan fingerprint density at radius 1 is 1.03 bits per heavy atom. The van der Waals surface area contributed by atoms with Crippen molar-refractivity contribution in [1.82, 2.24) is 25.2 Å². The van der Waals surface area contributed by atoms with Crippen LogP contribution in [0.25, 0.3) is 10.9 Å². The molecule has 2 aliphatic heterocycles. The largest absolute Gasteiger partial charge is 0.497 e. The third-order valence-corrected chi connectivity index (χ3v) is 15.6. The van der Waals surface area contributed by atoms with Crippen LogP contribution in [0, 0.1) is 17.8 Å². The maximum absolute atomic E-state index is 15.0. The summed E-state index contributed by atoms with van der Waals surface area (Å²) in [5, 5.41) is 6.06. The highest BCUT2D eigenvalue weighted by Gasteiger charge is 2.62. The fourth-order valence-corrected chi connectivity index (χ4v) is 11.4. The monoisotopic (exact) mass is 819 g/mol. The van der Waals surface area contributed by atoms with Crippen LogP contribution in [0.15, 0.2) is 36.9 Å². The molecule has 1 aromatic heterocycles. The zero-order valence-electron chi connectivity index (χ0n) is 33.6. The molecule has 4 saturated carbocycles. The van der Waals surface area contributed by atoms with Crippen LogP contribution in [-0.2, 0) is 35.6 Å². The predicted molar refractivity (Wildman–Crippen MR) is 215 cm³/mol. The molecule has 15 heteroatoms. The predicted octanol–water partition coefficient (Wildman–Crippen LogP) is 5.22. The van der Waals surface area contributed by atoms with Crippen LogP contribution in [-0.4, -0.2) is 90.3 Å². The van der Waals surface area contributed by atoms with Gasteiger partial charge in [0.15, 0.2) is 0 Å². The fraction of sp³-hybridized carbons (Fsp3) is 0.651. The zero-order chi connectivity index (χ0) is 40.8. The maximum atomic E-state index is 15.0. The summed E-state index contributed by atoms with van der Waals surface area (Å²) in [4.78, 5) is 63.5. The first-order chi connectivity index (χ1) is 27.8. The van der Waals surface area contributed by atoms with Crippen LogP contribution in [0.4, 0.5) is 4.79 Å². The smallest absolute Gasteiger partial charge is 0.408 e. The van der Waals surface area contributed by atoms with Gasteiger partial charge in [-0.3, -0.25) is 19.1 Å². The number of nitrogens with zero attached hydrogens (tertiary/aromatic N) is 2. The van der Waals surface area contributed by atoms with Crippen molar-refractivity contribution in [1.29, 1.82) is 0 Å². The number of nitrogens with one attached hydrogen (secondary N) is 3. The van der Waals surface area contributed by atoms with Crippen molar-refractivity contribution in [2.45, 2.75) is 144 Å². The number of amides is 4. The highest BCUT2D eigenvalue weighted by Crippen LogP contribution is 2.46. The Morgan fingerprint density at radius 2 is 1.79 bits per heavy atom. The van der Waals surface area contributed by atoms with Gasteiger partial charge < -0.3 is 29.7 Å². The molecule has 2 bridgehead atoms. The van der Waals surface area contributed by atoms with Crippen molar-refractivity contribution in [3.8, 4) is 11.5 Å². The van der Waals surface area contributed by atoms with Crippen molar-refractivity contribution in [3.05, 3.63) is 42.6 Å². The second-order valence-electron chi connectivity index (χ2n) is 17.7. The lowest BCUT2D eigenvalue weighted by Crippen LogP contribution is -2.59. The van der Waals surface area contributed by atoms with E-state index < -0.39 is 74.3 Å². The molecule has 2 aromatic rings. The number of hydrogen-bond acceptors (Lipinski definition) is 10. The molecule has 7 atom stereocenters. The second kappa shape index (κ2) is 16.0. The van der Waals surface area contributed by atoms with Gasteiger partial charge in [0.2, 0.25) is 21.8 Å². The topological polar surface area (TPSA) is 182 Å². The van der Waals surface area contributed by atoms with Crippen LogP contribution in [0.1, 0.15) is 109 Å². The lowest BCUT2D eigenvalue weighted by molar-refractivity contribution is -0.142. The Balaban J connectivity index is 1.14. The first-order valence-corrected chi connectivity index (χ1v) is 22.8. The second-order valence-corrected chi connectivity index (χ2v) is 19.7. The molecule has 5 fully saturated rings. The van der Waals surface area contributed by atoms with Crippen molar-refractivity contribution < 1.29 is 41.8 Å². The van der Waals surface area contributed by atoms with Gasteiger partial charge in [0, 0.05) is 17.7 Å². The normalized spacial score (nSPS) is 32.1. The number of alkyl carbamates (subject to hydrolysis) is 1. The maximum Gasteiger partial charge on any atom is 0.408 e. The number of methoxy groups -OCH3 is 1. The molecule has 6 aliphatic rings. The van der Waals surface area contributed by atoms with Gasteiger partial charge in [0.05, 0.1) is 30.1 Å². The summed E-state index contributed by atoms with van der Waals surface area (Å²) in [7, 11) is -2.29. The van der Waals surface area contributed by atoms with Gasteiger partial charge in [-0.15, -0.1) is 6.58 Å². The molecule has 0 unspecified atom stereocenters. The zero-order valence-corrected chi connectivity index (χ0v) is 34.4. The Kier molecular flexibility index (Phi) is 11.1. The Bertz CT molecular complexity index is 2070. The summed E-state index contributed by atoms with van der Waals surface area (Å²) >= 11 is 0. The van der Waals surface area contributed by atoms with Crippen molar-refractivity contribution >= 4 is 44.7 Å². The summed E-state index contributed by atoms with van der Waals surface area (Å²) in [6.07, 6.45) is 11.8. The lowest BCUT2D eigenvalue weighted by Gasteiger charge is -2.35. The van der Waals surface area contributed by atoms with Gasteiger partial charge in [-0.05, 0) is 114 Å². The van der Waals surface area contributed by atoms with Gasteiger partial charge in [0.1, 0.15) is 40.8 Å². The average molecular weight is 820 g/mol. The minimum absolute atomic E-state index is 0.0341. The van der Waals surface area contributed by atoms with E-state index in [2.05, 4.69) is 21.9 Å². The Morgan fingerprint density at radius 3 is 2.52 bits per heavy atom. The molecule has 1 saturated heterocycles. The number of aromatic nitrogens is 1. The number of rotatable bonds is 8. The summed E-state index contributed by atoms with van der Waals surface area (Å²) in [5.74, 6) is -1.07. The van der Waals surface area contributed by atoms with E-state index in [0.29, 0.717) is 30.8 Å². The summed E-state index contributed by atoms with van der Waals surface area (Å²) in [6.45, 7) is 5.87. The van der Waals surface area contributed by atoms with Gasteiger partial charge in [-0.1, -0.05) is 31.8 Å². The molecule has 314 valence electrons. The van der Waals surface area contributed by atoms with E-state index in [9.17, 15) is 27.6 Å². The fourth-order valence-electron chi connectivity index (χ4n) is 10.0. The molecule has 58 heavy (non-hydrogen) atoms. The van der Waals surface area contributed by atoms with E-state index in [1.165, 1.54) is 11.0 Å². The van der Waals surface area contributed by atoms with E-state index in [0.717, 1.165) is 87.2 Å². The molecule has 3 N–H and O–H groups in total. The molecular formula is C43H57N5O9S. The number of sulfonamides is 1. The van der Waals surface area contributed by atoms with Crippen LogP contribution in [0.5, 0.6) is 11.5 Å². The van der Waals surface area contributed by atoms with Gasteiger partial charge in [-0.25, -0.2) is 18.2 Å². The number of aryl methyl sites for hydroxylation is 1. The van der Waals surface area contributed by atoms with E-state index in [-0.39, 0.29) is 31.2 Å². The van der Waals surface area contributed by atoms with E-state index in [1.54, 1.807) is 7.11 Å². The van der Waals surface area contributed by atoms with Crippen LogP contribution < -0.4 is 24.8 Å². The Labute approximate surface area is 340 Å². The highest BCUT2D eigenvalue weighted by molar-refractivity contribution is 7.91. The molecular weight excluding hydrogens is 763 g/mol. The standard InChI is InChI=1S/C43H57N5O9S/c1-4-28-24-43(28,40(51)47-58(53,54)32-17-18-32)46-38(49)35-23-31-25-48(35)39(50)37(26-11-8-9-12-26)45-41(52)57-42(2)20-10-14-29(42)13-6-5-7-15-34-36(56-31)22-27-21-30(55-3)16-19-33(27)44-34/h4,16,19,21-22,26,28-29,31-32,35,37H,1,5-15,17-18,20,23-25H2,2-3H3,(H,45,52)(H,46,49)(H,47,51)/t28-,29-,31-,35+,37+,42-,43-/m1/s1. The third kappa shape index (κ3) is 8.11. The number of fused-ring (bicyclic) bond motifs is 5. The summed E-state index contributed by atoms with van der Waals surface area (Å²) < 4.78 is 46.4. The number of benzene rings is 1. The number of ether oxygens (including phenoxy) is 3. The highest BCUT2D eigenvalue weighted by atomic mass is 32.2. The first-order valence-electron chi connectivity index (χ1n) is 21.3. The average Bonchev–Trinajstić information content (AvgIpc) is 4.01. The van der Waals surface area contributed by atoms with Crippen molar-refractivity contribution in [2.24, 2.45) is 17.8 Å². The molecule has 14 nitrogen and oxygen atoms in total. The number of hydrogen-bond donors (Lipinski definition) is 3. The van der Waals surface area contributed by atoms with E-state index in [4.69, 9.17) is 19.2 Å². The van der Waals surface area contributed by atoms with Gasteiger partial charge >= 0.3 is 6.09 Å². The van der Waals surface area contributed by atoms with E-state index >= 15 is 0 Å².